The Bertz CT molecular complexity index is 2020. The minimum absolute atomic E-state index is 0.212. The Morgan fingerprint density at radius 1 is 0.654 bits per heavy atom. The molecule has 1 unspecified atom stereocenters. The van der Waals surface area contributed by atoms with E-state index >= 15 is 0 Å². The van der Waals surface area contributed by atoms with Crippen LogP contribution in [0.3, 0.4) is 0 Å². The number of para-hydroxylation sites is 4. The average Bonchev–Trinajstić information content (AvgIpc) is 3.72. The molecule has 0 amide bonds. The van der Waals surface area contributed by atoms with Crippen molar-refractivity contribution in [2.75, 3.05) is 26.3 Å². The van der Waals surface area contributed by atoms with Crippen LogP contribution in [0.4, 0.5) is 0 Å². The molecule has 272 valence electrons. The second-order valence-electron chi connectivity index (χ2n) is 14.3. The fourth-order valence-corrected chi connectivity index (χ4v) is 6.34. The van der Waals surface area contributed by atoms with Crippen molar-refractivity contribution in [2.24, 2.45) is 17.6 Å². The third-order valence-electron chi connectivity index (χ3n) is 9.40. The normalized spacial score (nSPS) is 12.5. The van der Waals surface area contributed by atoms with Crippen molar-refractivity contribution in [3.8, 4) is 34.3 Å². The minimum atomic E-state index is 0.212. The lowest BCUT2D eigenvalue weighted by Crippen LogP contribution is -2.26. The fourth-order valence-electron chi connectivity index (χ4n) is 6.34. The van der Waals surface area contributed by atoms with Crippen LogP contribution in [0.25, 0.3) is 44.8 Å². The molecule has 0 radical (unpaired) electrons. The van der Waals surface area contributed by atoms with E-state index in [1.165, 1.54) is 0 Å². The van der Waals surface area contributed by atoms with Crippen molar-refractivity contribution < 1.29 is 9.47 Å². The maximum atomic E-state index is 6.20. The van der Waals surface area contributed by atoms with Gasteiger partial charge in [0.05, 0.1) is 35.3 Å². The molecule has 0 spiro atoms. The summed E-state index contributed by atoms with van der Waals surface area (Å²) < 4.78 is 16.6. The molecule has 52 heavy (non-hydrogen) atoms. The van der Waals surface area contributed by atoms with E-state index in [1.807, 2.05) is 36.4 Å². The van der Waals surface area contributed by atoms with Gasteiger partial charge in [-0.1, -0.05) is 64.1 Å². The fraction of sp³-hybridized carbons (Fsp3) is 0.364. The summed E-state index contributed by atoms with van der Waals surface area (Å²) in [7, 11) is 0. The number of nitrogens with one attached hydrogen (secondary N) is 1. The molecule has 8 heteroatoms. The lowest BCUT2D eigenvalue weighted by molar-refractivity contribution is 0.294. The first-order valence-corrected chi connectivity index (χ1v) is 18.9. The van der Waals surface area contributed by atoms with E-state index in [0.717, 1.165) is 88.7 Å². The van der Waals surface area contributed by atoms with E-state index in [4.69, 9.17) is 25.2 Å². The molecular formula is C44H54N6O2. The van der Waals surface area contributed by atoms with Crippen LogP contribution in [0.15, 0.2) is 109 Å². The van der Waals surface area contributed by atoms with E-state index in [9.17, 15) is 0 Å². The Kier molecular flexibility index (Phi) is 12.8. The number of hydrogen-bond acceptors (Lipinski definition) is 6. The SMILES string of the molecule is CC(C)CNCCCOc1ccc(-c2nc3ccccc3n2C/C=C/Cn2c(-c3ccc(OCCCC(N)C(C)C)cc3)nc3ccccc32)cc1. The topological polar surface area (TPSA) is 92.1 Å². The van der Waals surface area contributed by atoms with Gasteiger partial charge >= 0.3 is 0 Å². The number of imidazole rings is 2. The number of nitrogens with two attached hydrogens (primary N) is 1. The lowest BCUT2D eigenvalue weighted by Gasteiger charge is -2.15. The van der Waals surface area contributed by atoms with Crippen molar-refractivity contribution in [1.82, 2.24) is 24.4 Å². The number of fused-ring (bicyclic) bond motifs is 2. The maximum Gasteiger partial charge on any atom is 0.141 e. The highest BCUT2D eigenvalue weighted by molar-refractivity contribution is 5.82. The van der Waals surface area contributed by atoms with Crippen molar-refractivity contribution in [2.45, 2.75) is 66.1 Å². The molecule has 0 saturated heterocycles. The highest BCUT2D eigenvalue weighted by Crippen LogP contribution is 2.29. The summed E-state index contributed by atoms with van der Waals surface area (Å²) in [6.45, 7) is 13.5. The third kappa shape index (κ3) is 9.49. The predicted molar refractivity (Wildman–Crippen MR) is 215 cm³/mol. The zero-order valence-corrected chi connectivity index (χ0v) is 31.2. The van der Waals surface area contributed by atoms with Gasteiger partial charge in [-0.2, -0.15) is 0 Å². The smallest absolute Gasteiger partial charge is 0.141 e. The van der Waals surface area contributed by atoms with Crippen LogP contribution in [0, 0.1) is 11.8 Å². The minimum Gasteiger partial charge on any atom is -0.494 e. The highest BCUT2D eigenvalue weighted by atomic mass is 16.5. The van der Waals surface area contributed by atoms with Gasteiger partial charge in [0, 0.05) is 30.3 Å². The number of benzene rings is 4. The molecule has 0 aliphatic carbocycles. The molecule has 0 saturated carbocycles. The zero-order chi connectivity index (χ0) is 36.3. The van der Waals surface area contributed by atoms with Gasteiger partial charge in [0.1, 0.15) is 23.1 Å². The summed E-state index contributed by atoms with van der Waals surface area (Å²) in [5, 5.41) is 3.47. The molecule has 2 heterocycles. The second-order valence-corrected chi connectivity index (χ2v) is 14.3. The van der Waals surface area contributed by atoms with Gasteiger partial charge in [-0.05, 0) is 117 Å². The Morgan fingerprint density at radius 2 is 1.13 bits per heavy atom. The van der Waals surface area contributed by atoms with Crippen LogP contribution in [0.1, 0.15) is 47.0 Å². The standard InChI is InChI=1S/C44H54N6O2/c1-32(2)31-46-26-12-30-52-37-24-20-35(21-25-37)44-48-40-15-6-8-17-42(40)50(44)28-10-9-27-49-41-16-7-5-14-39(41)47-43(49)34-18-22-36(23-19-34)51-29-11-13-38(45)33(3)4/h5-10,14-25,32-33,38,46H,11-13,26-31,45H2,1-4H3/b10-9+. The van der Waals surface area contributed by atoms with E-state index in [0.29, 0.717) is 38.1 Å². The summed E-state index contributed by atoms with van der Waals surface area (Å²) >= 11 is 0. The molecular weight excluding hydrogens is 645 g/mol. The van der Waals surface area contributed by atoms with Gasteiger partial charge in [0.2, 0.25) is 0 Å². The van der Waals surface area contributed by atoms with E-state index in [2.05, 4.69) is 115 Å². The number of nitrogens with zero attached hydrogens (tertiary/aromatic N) is 4. The second kappa shape index (κ2) is 18.0. The van der Waals surface area contributed by atoms with Gasteiger partial charge in [0.25, 0.3) is 0 Å². The van der Waals surface area contributed by atoms with Crippen LogP contribution in [0.2, 0.25) is 0 Å². The van der Waals surface area contributed by atoms with E-state index < -0.39 is 0 Å². The monoisotopic (exact) mass is 698 g/mol. The highest BCUT2D eigenvalue weighted by Gasteiger charge is 2.14. The number of ether oxygens (including phenoxy) is 2. The van der Waals surface area contributed by atoms with Crippen molar-refractivity contribution in [3.63, 3.8) is 0 Å². The van der Waals surface area contributed by atoms with Crippen molar-refractivity contribution in [3.05, 3.63) is 109 Å². The lowest BCUT2D eigenvalue weighted by atomic mass is 10.0. The maximum absolute atomic E-state index is 6.20. The quantitative estimate of drug-likeness (QED) is 0.0648. The van der Waals surface area contributed by atoms with Crippen molar-refractivity contribution >= 4 is 22.1 Å². The molecule has 0 fully saturated rings. The van der Waals surface area contributed by atoms with Crippen LogP contribution in [-0.2, 0) is 13.1 Å². The van der Waals surface area contributed by atoms with Crippen LogP contribution in [-0.4, -0.2) is 51.4 Å². The molecule has 4 aromatic carbocycles. The summed E-state index contributed by atoms with van der Waals surface area (Å²) in [5.74, 6) is 4.75. The largest absolute Gasteiger partial charge is 0.494 e. The Hall–Kier alpha value is -4.92. The summed E-state index contributed by atoms with van der Waals surface area (Å²) in [6.07, 6.45) is 7.33. The van der Waals surface area contributed by atoms with Gasteiger partial charge in [-0.3, -0.25) is 0 Å². The molecule has 0 bridgehead atoms. The van der Waals surface area contributed by atoms with Gasteiger partial charge in [0.15, 0.2) is 0 Å². The molecule has 6 rings (SSSR count). The Morgan fingerprint density at radius 3 is 1.62 bits per heavy atom. The molecule has 0 aliphatic heterocycles. The van der Waals surface area contributed by atoms with Crippen LogP contribution in [0.5, 0.6) is 11.5 Å². The summed E-state index contributed by atoms with van der Waals surface area (Å²) in [5.41, 5.74) is 12.5. The number of rotatable bonds is 19. The van der Waals surface area contributed by atoms with Gasteiger partial charge in [-0.15, -0.1) is 0 Å². The number of allylic oxidation sites excluding steroid dienone is 2. The Labute approximate surface area is 308 Å². The molecule has 6 aromatic rings. The van der Waals surface area contributed by atoms with Gasteiger partial charge in [-0.25, -0.2) is 9.97 Å². The zero-order valence-electron chi connectivity index (χ0n) is 31.2. The van der Waals surface area contributed by atoms with E-state index in [-0.39, 0.29) is 6.04 Å². The molecule has 8 nitrogen and oxygen atoms in total. The Balaban J connectivity index is 1.13. The van der Waals surface area contributed by atoms with Crippen LogP contribution < -0.4 is 20.5 Å². The van der Waals surface area contributed by atoms with Crippen LogP contribution >= 0.6 is 0 Å². The summed E-state index contributed by atoms with van der Waals surface area (Å²) in [6, 6.07) is 33.4. The summed E-state index contributed by atoms with van der Waals surface area (Å²) in [4.78, 5) is 10.1. The van der Waals surface area contributed by atoms with E-state index in [1.54, 1.807) is 0 Å². The first kappa shape index (κ1) is 36.9. The average molecular weight is 699 g/mol. The molecule has 2 aromatic heterocycles. The molecule has 1 atom stereocenters. The first-order valence-electron chi connectivity index (χ1n) is 18.9. The number of hydrogen-bond donors (Lipinski definition) is 2. The molecule has 3 N–H and O–H groups in total. The first-order chi connectivity index (χ1) is 25.4. The van der Waals surface area contributed by atoms with Gasteiger partial charge < -0.3 is 29.7 Å². The molecule has 0 aliphatic rings. The van der Waals surface area contributed by atoms with Crippen molar-refractivity contribution in [1.29, 1.82) is 0 Å². The predicted octanol–water partition coefficient (Wildman–Crippen LogP) is 9.13. The number of aromatic nitrogens is 4. The third-order valence-corrected chi connectivity index (χ3v) is 9.40.